The van der Waals surface area contributed by atoms with Crippen LogP contribution in [0.2, 0.25) is 0 Å². The molecule has 0 amide bonds. The Bertz CT molecular complexity index is 748. The summed E-state index contributed by atoms with van der Waals surface area (Å²) in [4.78, 5) is 26.5. The van der Waals surface area contributed by atoms with Crippen molar-refractivity contribution < 1.29 is 14.7 Å². The Labute approximate surface area is 132 Å². The molecule has 106 valence electrons. The third-order valence-corrected chi connectivity index (χ3v) is 4.22. The van der Waals surface area contributed by atoms with Crippen LogP contribution in [-0.2, 0) is 0 Å². The normalized spacial score (nSPS) is 9.95. The Balaban J connectivity index is 2.37. The van der Waals surface area contributed by atoms with Crippen molar-refractivity contribution in [2.24, 2.45) is 0 Å². The summed E-state index contributed by atoms with van der Waals surface area (Å²) in [5, 5.41) is 21.1. The number of carboxylic acids is 1. The molecule has 0 saturated carbocycles. The lowest BCUT2D eigenvalue weighted by molar-refractivity contribution is 0.0687. The second kappa shape index (κ2) is 6.03. The first-order valence-electron chi connectivity index (χ1n) is 5.64. The molecule has 0 radical (unpaired) electrons. The highest BCUT2D eigenvalue weighted by molar-refractivity contribution is 9.10. The summed E-state index contributed by atoms with van der Waals surface area (Å²) in [5.74, 6) is -1.60. The molecule has 1 aromatic heterocycles. The Morgan fingerprint density at radius 2 is 2.19 bits per heavy atom. The summed E-state index contributed by atoms with van der Waals surface area (Å²) in [6.45, 7) is 1.29. The number of aromatic nitrogens is 1. The van der Waals surface area contributed by atoms with Crippen molar-refractivity contribution in [3.8, 4) is 6.07 Å². The predicted molar refractivity (Wildman–Crippen MR) is 81.2 cm³/mol. The van der Waals surface area contributed by atoms with E-state index in [1.807, 2.05) is 6.07 Å². The zero-order chi connectivity index (χ0) is 15.6. The minimum Gasteiger partial charge on any atom is -0.476 e. The summed E-state index contributed by atoms with van der Waals surface area (Å²) in [6.07, 6.45) is 0. The lowest BCUT2D eigenvalue weighted by Gasteiger charge is -2.05. The quantitative estimate of drug-likeness (QED) is 0.804. The molecule has 2 aromatic rings. The maximum Gasteiger partial charge on any atom is 0.356 e. The number of nitrogens with zero attached hydrogens (tertiary/aromatic N) is 2. The topological polar surface area (TPSA) is 103 Å². The van der Waals surface area contributed by atoms with E-state index in [-0.39, 0.29) is 16.4 Å². The minimum atomic E-state index is -1.25. The molecule has 0 unspecified atom stereocenters. The average Bonchev–Trinajstić information content (AvgIpc) is 2.85. The number of hydrogen-bond donors (Lipinski definition) is 2. The smallest absolute Gasteiger partial charge is 0.356 e. The molecular formula is C13H8BrN3O3S. The van der Waals surface area contributed by atoms with E-state index in [4.69, 9.17) is 10.4 Å². The molecule has 0 fully saturated rings. The van der Waals surface area contributed by atoms with Gasteiger partial charge in [0, 0.05) is 11.4 Å². The number of nitrogens with one attached hydrogen (secondary N) is 1. The van der Waals surface area contributed by atoms with E-state index in [1.54, 1.807) is 18.2 Å². The van der Waals surface area contributed by atoms with Gasteiger partial charge in [0.2, 0.25) is 0 Å². The molecule has 0 aliphatic heterocycles. The number of benzene rings is 1. The standard InChI is InChI=1S/C13H8BrN3O3S/c1-6(18)11-10(12(19)20)17-13(21-11)16-9-3-2-7(5-15)4-8(9)14/h2-4H,1H3,(H,16,17)(H,19,20). The van der Waals surface area contributed by atoms with Crippen molar-refractivity contribution in [3.05, 3.63) is 38.8 Å². The van der Waals surface area contributed by atoms with Gasteiger partial charge >= 0.3 is 5.97 Å². The molecule has 2 rings (SSSR count). The predicted octanol–water partition coefficient (Wildman–Crippen LogP) is 3.42. The molecule has 21 heavy (non-hydrogen) atoms. The number of aromatic carboxylic acids is 1. The molecular weight excluding hydrogens is 358 g/mol. The van der Waals surface area contributed by atoms with E-state index < -0.39 is 5.97 Å². The first-order valence-corrected chi connectivity index (χ1v) is 7.25. The molecule has 0 saturated heterocycles. The van der Waals surface area contributed by atoms with E-state index in [2.05, 4.69) is 26.2 Å². The van der Waals surface area contributed by atoms with Gasteiger partial charge in [-0.1, -0.05) is 11.3 Å². The SMILES string of the molecule is CC(=O)c1sc(Nc2ccc(C#N)cc2Br)nc1C(=O)O. The number of carbonyl (C=O) groups is 2. The third-order valence-electron chi connectivity index (χ3n) is 2.49. The van der Waals surface area contributed by atoms with Gasteiger partial charge in [0.1, 0.15) is 4.88 Å². The largest absolute Gasteiger partial charge is 0.476 e. The van der Waals surface area contributed by atoms with E-state index in [1.165, 1.54) is 6.92 Å². The fraction of sp³-hybridized carbons (Fsp3) is 0.0769. The maximum absolute atomic E-state index is 11.4. The first-order chi connectivity index (χ1) is 9.92. The molecule has 2 N–H and O–H groups in total. The number of thiazole rings is 1. The summed E-state index contributed by atoms with van der Waals surface area (Å²) in [6, 6.07) is 6.91. The second-order valence-electron chi connectivity index (χ2n) is 3.99. The highest BCUT2D eigenvalue weighted by Gasteiger charge is 2.20. The zero-order valence-electron chi connectivity index (χ0n) is 10.7. The molecule has 0 aliphatic rings. The highest BCUT2D eigenvalue weighted by Crippen LogP contribution is 2.30. The van der Waals surface area contributed by atoms with E-state index in [0.717, 1.165) is 11.3 Å². The number of carbonyl (C=O) groups excluding carboxylic acids is 1. The van der Waals surface area contributed by atoms with Crippen LogP contribution in [-0.4, -0.2) is 21.8 Å². The van der Waals surface area contributed by atoms with Crippen LogP contribution < -0.4 is 5.32 Å². The Morgan fingerprint density at radius 1 is 1.48 bits per heavy atom. The number of Topliss-reactive ketones (excluding diaryl/α,β-unsaturated/α-hetero) is 1. The van der Waals surface area contributed by atoms with Crippen LogP contribution in [0.1, 0.15) is 32.6 Å². The van der Waals surface area contributed by atoms with E-state index in [0.29, 0.717) is 20.9 Å². The van der Waals surface area contributed by atoms with Crippen molar-refractivity contribution in [2.45, 2.75) is 6.92 Å². The summed E-state index contributed by atoms with van der Waals surface area (Å²) < 4.78 is 0.637. The van der Waals surface area contributed by atoms with E-state index in [9.17, 15) is 9.59 Å². The van der Waals surface area contributed by atoms with Crippen molar-refractivity contribution in [1.82, 2.24) is 4.98 Å². The van der Waals surface area contributed by atoms with Gasteiger partial charge in [-0.25, -0.2) is 9.78 Å². The molecule has 0 atom stereocenters. The first kappa shape index (κ1) is 15.2. The van der Waals surface area contributed by atoms with Crippen LogP contribution in [0, 0.1) is 11.3 Å². The number of halogens is 1. The number of rotatable bonds is 4. The van der Waals surface area contributed by atoms with Crippen molar-refractivity contribution >= 4 is 49.8 Å². The second-order valence-corrected chi connectivity index (χ2v) is 5.84. The monoisotopic (exact) mass is 365 g/mol. The van der Waals surface area contributed by atoms with Crippen molar-refractivity contribution in [1.29, 1.82) is 5.26 Å². The Morgan fingerprint density at radius 3 is 2.67 bits per heavy atom. The number of ketones is 1. The average molecular weight is 366 g/mol. The molecule has 0 spiro atoms. The van der Waals surface area contributed by atoms with Gasteiger partial charge in [0.15, 0.2) is 16.6 Å². The molecule has 1 heterocycles. The maximum atomic E-state index is 11.4. The van der Waals surface area contributed by atoms with Gasteiger partial charge in [-0.3, -0.25) is 4.79 Å². The molecule has 1 aromatic carbocycles. The van der Waals surface area contributed by atoms with Crippen LogP contribution >= 0.6 is 27.3 Å². The van der Waals surface area contributed by atoms with Crippen LogP contribution in [0.4, 0.5) is 10.8 Å². The van der Waals surface area contributed by atoms with Gasteiger partial charge in [-0.2, -0.15) is 5.26 Å². The fourth-order valence-corrected chi connectivity index (χ4v) is 2.90. The van der Waals surface area contributed by atoms with Crippen LogP contribution in [0.25, 0.3) is 0 Å². The summed E-state index contributed by atoms with van der Waals surface area (Å²) >= 11 is 4.28. The molecule has 0 aliphatic carbocycles. The minimum absolute atomic E-state index is 0.0924. The van der Waals surface area contributed by atoms with Gasteiger partial charge < -0.3 is 10.4 Å². The lowest BCUT2D eigenvalue weighted by Crippen LogP contribution is -2.03. The Kier molecular flexibility index (Phi) is 4.35. The van der Waals surface area contributed by atoms with Crippen LogP contribution in [0.5, 0.6) is 0 Å². The summed E-state index contributed by atoms with van der Waals surface area (Å²) in [5.41, 5.74) is 0.844. The number of nitriles is 1. The van der Waals surface area contributed by atoms with Crippen LogP contribution in [0.3, 0.4) is 0 Å². The third kappa shape index (κ3) is 3.26. The van der Waals surface area contributed by atoms with E-state index >= 15 is 0 Å². The van der Waals surface area contributed by atoms with Gasteiger partial charge in [0.25, 0.3) is 0 Å². The number of carboxylic acid groups (broad SMARTS) is 1. The number of anilines is 2. The highest BCUT2D eigenvalue weighted by atomic mass is 79.9. The molecule has 8 heteroatoms. The van der Waals surface area contributed by atoms with Gasteiger partial charge in [-0.05, 0) is 34.1 Å². The summed E-state index contributed by atoms with van der Waals surface area (Å²) in [7, 11) is 0. The fourth-order valence-electron chi connectivity index (χ4n) is 1.56. The molecule has 6 nitrogen and oxygen atoms in total. The van der Waals surface area contributed by atoms with Crippen molar-refractivity contribution in [2.75, 3.05) is 5.32 Å². The van der Waals surface area contributed by atoms with Gasteiger partial charge in [0.05, 0.1) is 17.3 Å². The van der Waals surface area contributed by atoms with Gasteiger partial charge in [-0.15, -0.1) is 0 Å². The lowest BCUT2D eigenvalue weighted by atomic mass is 10.2. The molecule has 0 bridgehead atoms. The van der Waals surface area contributed by atoms with Crippen LogP contribution in [0.15, 0.2) is 22.7 Å². The zero-order valence-corrected chi connectivity index (χ0v) is 13.1. The Hall–Kier alpha value is -2.24. The van der Waals surface area contributed by atoms with Crippen molar-refractivity contribution in [3.63, 3.8) is 0 Å². The number of hydrogen-bond acceptors (Lipinski definition) is 6.